The van der Waals surface area contributed by atoms with Crippen molar-refractivity contribution in [1.82, 2.24) is 9.80 Å². The highest BCUT2D eigenvalue weighted by Crippen LogP contribution is 2.38. The first-order valence-electron chi connectivity index (χ1n) is 11.3. The topological polar surface area (TPSA) is 53.1 Å². The van der Waals surface area contributed by atoms with Gasteiger partial charge < -0.3 is 14.5 Å². The van der Waals surface area contributed by atoms with E-state index in [1.807, 2.05) is 24.3 Å². The number of benzene rings is 1. The van der Waals surface area contributed by atoms with E-state index >= 15 is 0 Å². The molecule has 4 aliphatic rings. The number of hydrogen-bond donors (Lipinski definition) is 0. The number of amides is 2. The summed E-state index contributed by atoms with van der Waals surface area (Å²) < 4.78 is 5.59. The van der Waals surface area contributed by atoms with Crippen molar-refractivity contribution in [3.8, 4) is 5.75 Å². The molecule has 1 aromatic rings. The number of ether oxygens (including phenoxy) is 1. The number of carbonyl (C=O) groups excluding carboxylic acids is 2. The predicted octanol–water partition coefficient (Wildman–Crippen LogP) is 2.55. The van der Waals surface area contributed by atoms with Crippen LogP contribution in [0.15, 0.2) is 36.4 Å². The van der Waals surface area contributed by atoms with Gasteiger partial charge in [0.2, 0.25) is 11.8 Å². The second-order valence-corrected chi connectivity index (χ2v) is 9.18. The summed E-state index contributed by atoms with van der Waals surface area (Å²) in [6.07, 6.45) is 7.63. The third-order valence-electron chi connectivity index (χ3n) is 7.34. The molecule has 4 atom stereocenters. The number of piperidine rings is 1. The molecule has 160 valence electrons. The molecule has 3 heterocycles. The van der Waals surface area contributed by atoms with Gasteiger partial charge in [0.1, 0.15) is 5.75 Å². The van der Waals surface area contributed by atoms with Gasteiger partial charge in [0.25, 0.3) is 0 Å². The second kappa shape index (κ2) is 8.06. The fourth-order valence-corrected chi connectivity index (χ4v) is 5.94. The molecule has 6 nitrogen and oxygen atoms in total. The molecule has 0 radical (unpaired) electrons. The van der Waals surface area contributed by atoms with E-state index in [4.69, 9.17) is 4.74 Å². The molecule has 0 aromatic heterocycles. The minimum Gasteiger partial charge on any atom is -0.495 e. The molecule has 3 saturated heterocycles. The van der Waals surface area contributed by atoms with Gasteiger partial charge >= 0.3 is 0 Å². The Hall–Kier alpha value is -2.34. The summed E-state index contributed by atoms with van der Waals surface area (Å²) in [6, 6.07) is 8.79. The van der Waals surface area contributed by atoms with Gasteiger partial charge in [0.15, 0.2) is 0 Å². The van der Waals surface area contributed by atoms with Crippen LogP contribution in [0.3, 0.4) is 0 Å². The third-order valence-corrected chi connectivity index (χ3v) is 7.34. The minimum atomic E-state index is -0.109. The van der Waals surface area contributed by atoms with Gasteiger partial charge in [0, 0.05) is 32.2 Å². The Morgan fingerprint density at radius 1 is 0.967 bits per heavy atom. The zero-order valence-electron chi connectivity index (χ0n) is 17.7. The lowest BCUT2D eigenvalue weighted by molar-refractivity contribution is -0.140. The average molecular weight is 410 g/mol. The lowest BCUT2D eigenvalue weighted by Gasteiger charge is -2.34. The van der Waals surface area contributed by atoms with Crippen molar-refractivity contribution in [1.29, 1.82) is 0 Å². The molecule has 0 spiro atoms. The Balaban J connectivity index is 1.17. The standard InChI is InChI=1S/C24H31N3O3/c1-30-22-10-5-4-9-21(22)27-15-17-13-18(27)16-25(14-17)11-6-12-26-23(28)19-7-2-3-8-20(19)24(26)29/h2-5,9-10,17-20H,6-8,11-16H2,1H3/t17?,18?,19-,20+. The van der Waals surface area contributed by atoms with Crippen molar-refractivity contribution >= 4 is 17.5 Å². The smallest absolute Gasteiger partial charge is 0.233 e. The van der Waals surface area contributed by atoms with Crippen LogP contribution in [-0.4, -0.2) is 67.5 Å². The number of carbonyl (C=O) groups is 2. The van der Waals surface area contributed by atoms with Gasteiger partial charge in [-0.2, -0.15) is 0 Å². The number of anilines is 1. The van der Waals surface area contributed by atoms with Gasteiger partial charge in [-0.3, -0.25) is 14.5 Å². The van der Waals surface area contributed by atoms with Gasteiger partial charge in [-0.05, 0) is 50.3 Å². The zero-order chi connectivity index (χ0) is 20.7. The van der Waals surface area contributed by atoms with Crippen molar-refractivity contribution in [2.24, 2.45) is 17.8 Å². The van der Waals surface area contributed by atoms with E-state index in [0.29, 0.717) is 18.5 Å². The molecule has 6 heteroatoms. The molecule has 5 rings (SSSR count). The van der Waals surface area contributed by atoms with Crippen LogP contribution in [0.4, 0.5) is 5.69 Å². The first-order valence-corrected chi connectivity index (χ1v) is 11.3. The minimum absolute atomic E-state index is 0.0513. The van der Waals surface area contributed by atoms with E-state index in [1.54, 1.807) is 12.0 Å². The van der Waals surface area contributed by atoms with Crippen LogP contribution < -0.4 is 9.64 Å². The Morgan fingerprint density at radius 3 is 2.43 bits per heavy atom. The maximum atomic E-state index is 12.6. The predicted molar refractivity (Wildman–Crippen MR) is 115 cm³/mol. The maximum Gasteiger partial charge on any atom is 0.233 e. The summed E-state index contributed by atoms with van der Waals surface area (Å²) in [5.74, 6) is 1.49. The van der Waals surface area contributed by atoms with Crippen molar-refractivity contribution < 1.29 is 14.3 Å². The highest BCUT2D eigenvalue weighted by molar-refractivity contribution is 6.05. The summed E-state index contributed by atoms with van der Waals surface area (Å²) in [5.41, 5.74) is 1.19. The van der Waals surface area contributed by atoms with E-state index in [1.165, 1.54) is 12.1 Å². The summed E-state index contributed by atoms with van der Waals surface area (Å²) in [7, 11) is 1.74. The number of hydrogen-bond acceptors (Lipinski definition) is 5. The summed E-state index contributed by atoms with van der Waals surface area (Å²) in [4.78, 5) is 31.9. The van der Waals surface area contributed by atoms with Crippen LogP contribution in [0.25, 0.3) is 0 Å². The SMILES string of the molecule is COc1ccccc1N1CC2CC1CN(CCCN1C(=O)[C@H]3CC=CC[C@H]3C1=O)C2. The largest absolute Gasteiger partial charge is 0.495 e. The fourth-order valence-electron chi connectivity index (χ4n) is 5.94. The average Bonchev–Trinajstić information content (AvgIpc) is 3.21. The Morgan fingerprint density at radius 2 is 1.70 bits per heavy atom. The van der Waals surface area contributed by atoms with Crippen LogP contribution >= 0.6 is 0 Å². The van der Waals surface area contributed by atoms with Gasteiger partial charge in [0.05, 0.1) is 24.6 Å². The number of likely N-dealkylation sites (tertiary alicyclic amines) is 2. The maximum absolute atomic E-state index is 12.6. The number of methoxy groups -OCH3 is 1. The van der Waals surface area contributed by atoms with Crippen molar-refractivity contribution in [2.45, 2.75) is 31.7 Å². The number of rotatable bonds is 6. The number of fused-ring (bicyclic) bond motifs is 3. The molecule has 2 bridgehead atoms. The fraction of sp³-hybridized carbons (Fsp3) is 0.583. The number of imide groups is 1. The monoisotopic (exact) mass is 409 g/mol. The lowest BCUT2D eigenvalue weighted by atomic mass is 9.85. The molecule has 30 heavy (non-hydrogen) atoms. The summed E-state index contributed by atoms with van der Waals surface area (Å²) >= 11 is 0. The van der Waals surface area contributed by atoms with E-state index in [-0.39, 0.29) is 23.7 Å². The van der Waals surface area contributed by atoms with E-state index in [9.17, 15) is 9.59 Å². The van der Waals surface area contributed by atoms with Crippen LogP contribution in [0.1, 0.15) is 25.7 Å². The van der Waals surface area contributed by atoms with Crippen LogP contribution in [0, 0.1) is 17.8 Å². The van der Waals surface area contributed by atoms with Gasteiger partial charge in [-0.1, -0.05) is 24.3 Å². The lowest BCUT2D eigenvalue weighted by Crippen LogP contribution is -2.43. The van der Waals surface area contributed by atoms with Gasteiger partial charge in [-0.15, -0.1) is 0 Å². The molecule has 3 fully saturated rings. The highest BCUT2D eigenvalue weighted by Gasteiger charge is 2.47. The number of allylic oxidation sites excluding steroid dienone is 2. The van der Waals surface area contributed by atoms with Crippen LogP contribution in [0.5, 0.6) is 5.75 Å². The molecule has 2 unspecified atom stereocenters. The van der Waals surface area contributed by atoms with E-state index in [2.05, 4.69) is 21.9 Å². The molecule has 0 saturated carbocycles. The molecule has 0 N–H and O–H groups in total. The van der Waals surface area contributed by atoms with Crippen LogP contribution in [-0.2, 0) is 9.59 Å². The van der Waals surface area contributed by atoms with E-state index < -0.39 is 0 Å². The molecule has 3 aliphatic heterocycles. The molecular weight excluding hydrogens is 378 g/mol. The first kappa shape index (κ1) is 19.6. The van der Waals surface area contributed by atoms with Crippen molar-refractivity contribution in [2.75, 3.05) is 44.7 Å². The van der Waals surface area contributed by atoms with Crippen LogP contribution in [0.2, 0.25) is 0 Å². The zero-order valence-corrected chi connectivity index (χ0v) is 17.7. The van der Waals surface area contributed by atoms with E-state index in [0.717, 1.165) is 51.2 Å². The van der Waals surface area contributed by atoms with Crippen molar-refractivity contribution in [3.05, 3.63) is 36.4 Å². The quantitative estimate of drug-likeness (QED) is 0.534. The molecule has 2 amide bonds. The Kier molecular flexibility index (Phi) is 5.27. The Labute approximate surface area is 178 Å². The van der Waals surface area contributed by atoms with Gasteiger partial charge in [-0.25, -0.2) is 0 Å². The molecular formula is C24H31N3O3. The number of para-hydroxylation sites is 2. The second-order valence-electron chi connectivity index (χ2n) is 9.18. The normalized spacial score (nSPS) is 30.8. The first-order chi connectivity index (χ1) is 14.7. The Bertz CT molecular complexity index is 828. The summed E-state index contributed by atoms with van der Waals surface area (Å²) in [6.45, 7) is 4.70. The third kappa shape index (κ3) is 3.41. The molecule has 1 aromatic carbocycles. The van der Waals surface area contributed by atoms with Crippen molar-refractivity contribution in [3.63, 3.8) is 0 Å². The summed E-state index contributed by atoms with van der Waals surface area (Å²) in [5, 5.41) is 0. The number of nitrogens with zero attached hydrogens (tertiary/aromatic N) is 3. The highest BCUT2D eigenvalue weighted by atomic mass is 16.5. The molecule has 1 aliphatic carbocycles.